The zero-order valence-electron chi connectivity index (χ0n) is 8.50. The van der Waals surface area contributed by atoms with Crippen molar-refractivity contribution < 1.29 is 9.90 Å². The lowest BCUT2D eigenvalue weighted by Crippen LogP contribution is -2.32. The molecule has 0 amide bonds. The Kier molecular flexibility index (Phi) is 2.90. The molecule has 4 heteroatoms. The van der Waals surface area contributed by atoms with Crippen molar-refractivity contribution in [2.45, 2.75) is 26.2 Å². The number of thiophene rings is 1. The summed E-state index contributed by atoms with van der Waals surface area (Å²) in [4.78, 5) is 12.5. The fourth-order valence-electron chi connectivity index (χ4n) is 1.92. The van der Waals surface area contributed by atoms with Gasteiger partial charge in [0.15, 0.2) is 0 Å². The van der Waals surface area contributed by atoms with Gasteiger partial charge in [-0.2, -0.15) is 0 Å². The molecule has 1 fully saturated rings. The van der Waals surface area contributed by atoms with Gasteiger partial charge in [-0.3, -0.25) is 4.79 Å². The molecule has 1 heterocycles. The zero-order chi connectivity index (χ0) is 11.1. The van der Waals surface area contributed by atoms with Crippen LogP contribution in [0.5, 0.6) is 0 Å². The van der Waals surface area contributed by atoms with Crippen molar-refractivity contribution in [1.29, 1.82) is 0 Å². The van der Waals surface area contributed by atoms with Crippen molar-refractivity contribution in [3.63, 3.8) is 0 Å². The summed E-state index contributed by atoms with van der Waals surface area (Å²) in [7, 11) is 0. The molecule has 2 rings (SSSR count). The first kappa shape index (κ1) is 11.1. The third-order valence-corrected chi connectivity index (χ3v) is 4.83. The fraction of sp³-hybridized carbons (Fsp3) is 0.545. The molecule has 1 aromatic heterocycles. The van der Waals surface area contributed by atoms with Gasteiger partial charge in [0, 0.05) is 14.7 Å². The van der Waals surface area contributed by atoms with Crippen molar-refractivity contribution in [1.82, 2.24) is 0 Å². The van der Waals surface area contributed by atoms with Crippen molar-refractivity contribution in [2.75, 3.05) is 0 Å². The Hall–Kier alpha value is -0.350. The Morgan fingerprint density at radius 3 is 2.80 bits per heavy atom. The van der Waals surface area contributed by atoms with Crippen molar-refractivity contribution in [3.8, 4) is 0 Å². The van der Waals surface area contributed by atoms with E-state index in [1.54, 1.807) is 11.3 Å². The number of carboxylic acid groups (broad SMARTS) is 1. The average Bonchev–Trinajstić information content (AvgIpc) is 2.92. The molecule has 1 saturated carbocycles. The van der Waals surface area contributed by atoms with Crippen LogP contribution in [0.15, 0.2) is 15.9 Å². The summed E-state index contributed by atoms with van der Waals surface area (Å²) in [5.41, 5.74) is -0.565. The van der Waals surface area contributed by atoms with E-state index in [0.717, 1.165) is 22.2 Å². The van der Waals surface area contributed by atoms with E-state index in [1.807, 2.05) is 18.4 Å². The Morgan fingerprint density at radius 1 is 1.73 bits per heavy atom. The van der Waals surface area contributed by atoms with Crippen molar-refractivity contribution in [2.24, 2.45) is 11.3 Å². The van der Waals surface area contributed by atoms with Gasteiger partial charge >= 0.3 is 5.97 Å². The SMILES string of the molecule is CC(Cc1cc(Br)cs1)(C(=O)O)C1CC1. The number of halogens is 1. The monoisotopic (exact) mass is 288 g/mol. The second-order valence-electron chi connectivity index (χ2n) is 4.40. The molecule has 0 aromatic carbocycles. The van der Waals surface area contributed by atoms with Gasteiger partial charge in [-0.05, 0) is 54.1 Å². The van der Waals surface area contributed by atoms with Crippen LogP contribution >= 0.6 is 27.3 Å². The summed E-state index contributed by atoms with van der Waals surface area (Å²) in [6.45, 7) is 1.88. The van der Waals surface area contributed by atoms with Gasteiger partial charge < -0.3 is 5.11 Å². The van der Waals surface area contributed by atoms with Gasteiger partial charge in [0.25, 0.3) is 0 Å². The predicted molar refractivity (Wildman–Crippen MR) is 64.2 cm³/mol. The molecule has 15 heavy (non-hydrogen) atoms. The number of carbonyl (C=O) groups is 1. The smallest absolute Gasteiger partial charge is 0.309 e. The maximum absolute atomic E-state index is 11.3. The molecule has 0 radical (unpaired) electrons. The van der Waals surface area contributed by atoms with Crippen molar-refractivity contribution >= 4 is 33.2 Å². The third kappa shape index (κ3) is 2.26. The summed E-state index contributed by atoms with van der Waals surface area (Å²) < 4.78 is 1.05. The number of rotatable bonds is 4. The minimum atomic E-state index is -0.658. The second-order valence-corrected chi connectivity index (χ2v) is 6.32. The first-order chi connectivity index (χ1) is 7.02. The van der Waals surface area contributed by atoms with Crippen LogP contribution in [0, 0.1) is 11.3 Å². The van der Waals surface area contributed by atoms with Gasteiger partial charge in [-0.1, -0.05) is 0 Å². The lowest BCUT2D eigenvalue weighted by molar-refractivity contribution is -0.149. The minimum Gasteiger partial charge on any atom is -0.481 e. The minimum absolute atomic E-state index is 0.371. The predicted octanol–water partition coefficient (Wildman–Crippen LogP) is 3.55. The Bertz CT molecular complexity index is 384. The molecule has 82 valence electrons. The summed E-state index contributed by atoms with van der Waals surface area (Å²) in [6.07, 6.45) is 2.79. The highest BCUT2D eigenvalue weighted by molar-refractivity contribution is 9.10. The standard InChI is InChI=1S/C11H13BrO2S/c1-11(10(13)14,7-2-3-7)5-9-4-8(12)6-15-9/h4,6-7H,2-3,5H2,1H3,(H,13,14). The first-order valence-corrected chi connectivity index (χ1v) is 6.66. The zero-order valence-corrected chi connectivity index (χ0v) is 10.9. The molecular weight excluding hydrogens is 276 g/mol. The van der Waals surface area contributed by atoms with Crippen molar-refractivity contribution in [3.05, 3.63) is 20.8 Å². The molecular formula is C11H13BrO2S. The van der Waals surface area contributed by atoms with E-state index >= 15 is 0 Å². The van der Waals surface area contributed by atoms with Crippen LogP contribution in [0.3, 0.4) is 0 Å². The lowest BCUT2D eigenvalue weighted by atomic mass is 9.81. The summed E-state index contributed by atoms with van der Waals surface area (Å²) >= 11 is 5.02. The third-order valence-electron chi connectivity index (χ3n) is 3.13. The van der Waals surface area contributed by atoms with Gasteiger partial charge in [-0.15, -0.1) is 11.3 Å². The van der Waals surface area contributed by atoms with E-state index in [0.29, 0.717) is 12.3 Å². The van der Waals surface area contributed by atoms with Gasteiger partial charge in [-0.25, -0.2) is 0 Å². The van der Waals surface area contributed by atoms with E-state index in [2.05, 4.69) is 15.9 Å². The molecule has 2 nitrogen and oxygen atoms in total. The topological polar surface area (TPSA) is 37.3 Å². The molecule has 0 aliphatic heterocycles. The summed E-state index contributed by atoms with van der Waals surface area (Å²) in [6, 6.07) is 2.02. The molecule has 1 atom stereocenters. The van der Waals surface area contributed by atoms with Gasteiger partial charge in [0.2, 0.25) is 0 Å². The molecule has 0 saturated heterocycles. The average molecular weight is 289 g/mol. The molecule has 0 bridgehead atoms. The Morgan fingerprint density at radius 2 is 2.40 bits per heavy atom. The highest BCUT2D eigenvalue weighted by Crippen LogP contribution is 2.48. The fourth-order valence-corrected chi connectivity index (χ4v) is 3.54. The van der Waals surface area contributed by atoms with Crippen LogP contribution in [-0.2, 0) is 11.2 Å². The largest absolute Gasteiger partial charge is 0.481 e. The van der Waals surface area contributed by atoms with Crippen LogP contribution in [0.25, 0.3) is 0 Å². The van der Waals surface area contributed by atoms with Gasteiger partial charge in [0.1, 0.15) is 0 Å². The maximum atomic E-state index is 11.3. The molecule has 1 unspecified atom stereocenters. The highest BCUT2D eigenvalue weighted by Gasteiger charge is 2.47. The van der Waals surface area contributed by atoms with E-state index in [-0.39, 0.29) is 0 Å². The Balaban J connectivity index is 2.16. The van der Waals surface area contributed by atoms with Crippen LogP contribution in [0.2, 0.25) is 0 Å². The molecule has 1 N–H and O–H groups in total. The van der Waals surface area contributed by atoms with Crippen LogP contribution in [0.1, 0.15) is 24.6 Å². The first-order valence-electron chi connectivity index (χ1n) is 4.98. The lowest BCUT2D eigenvalue weighted by Gasteiger charge is -2.23. The van der Waals surface area contributed by atoms with Crippen LogP contribution in [-0.4, -0.2) is 11.1 Å². The molecule has 1 aromatic rings. The van der Waals surface area contributed by atoms with E-state index < -0.39 is 11.4 Å². The molecule has 1 aliphatic carbocycles. The van der Waals surface area contributed by atoms with E-state index in [1.165, 1.54) is 0 Å². The van der Waals surface area contributed by atoms with Gasteiger partial charge in [0.05, 0.1) is 5.41 Å². The Labute approximate surface area is 101 Å². The number of carboxylic acids is 1. The highest BCUT2D eigenvalue weighted by atomic mass is 79.9. The maximum Gasteiger partial charge on any atom is 0.309 e. The number of hydrogen-bond acceptors (Lipinski definition) is 2. The normalized spacial score (nSPS) is 19.9. The van der Waals surface area contributed by atoms with Crippen LogP contribution in [0.4, 0.5) is 0 Å². The number of hydrogen-bond donors (Lipinski definition) is 1. The number of aliphatic carboxylic acids is 1. The van der Waals surface area contributed by atoms with Crippen LogP contribution < -0.4 is 0 Å². The second kappa shape index (κ2) is 3.91. The molecule has 0 spiro atoms. The van der Waals surface area contributed by atoms with E-state index in [9.17, 15) is 9.90 Å². The summed E-state index contributed by atoms with van der Waals surface area (Å²) in [5, 5.41) is 11.3. The summed E-state index contributed by atoms with van der Waals surface area (Å²) in [5.74, 6) is -0.287. The molecule has 1 aliphatic rings. The quantitative estimate of drug-likeness (QED) is 0.920. The van der Waals surface area contributed by atoms with E-state index in [4.69, 9.17) is 0 Å².